The Morgan fingerprint density at radius 1 is 1.10 bits per heavy atom. The number of carbonyl (C=O) groups excluding carboxylic acids is 1. The smallest absolute Gasteiger partial charge is 0.323 e. The molecule has 0 fully saturated rings. The maximum Gasteiger partial charge on any atom is 0.323 e. The second-order valence-electron chi connectivity index (χ2n) is 4.01. The van der Waals surface area contributed by atoms with Crippen LogP contribution in [-0.2, 0) is 6.61 Å². The lowest BCUT2D eigenvalue weighted by atomic mass is 10.2. The molecule has 2 aromatic carbocycles. The molecule has 20 heavy (non-hydrogen) atoms. The van der Waals surface area contributed by atoms with E-state index in [2.05, 4.69) is 42.5 Å². The van der Waals surface area contributed by atoms with Gasteiger partial charge in [0.1, 0.15) is 0 Å². The highest BCUT2D eigenvalue weighted by Gasteiger charge is 2.09. The standard InChI is InChI=1S/C14H12Br2N2O2/c15-9-3-1-4-10(7-9)17-14(20)18-13-6-2-5-12(16)11(13)8-19/h1-7,19H,8H2,(H2,17,18,20). The summed E-state index contributed by atoms with van der Waals surface area (Å²) in [5, 5.41) is 14.8. The largest absolute Gasteiger partial charge is 0.392 e. The van der Waals surface area contributed by atoms with Crippen LogP contribution in [0, 0.1) is 0 Å². The van der Waals surface area contributed by atoms with E-state index in [0.29, 0.717) is 16.9 Å². The molecule has 2 aromatic rings. The molecule has 0 aromatic heterocycles. The van der Waals surface area contributed by atoms with Gasteiger partial charge in [0.05, 0.1) is 6.61 Å². The van der Waals surface area contributed by atoms with Crippen LogP contribution in [-0.4, -0.2) is 11.1 Å². The number of halogens is 2. The summed E-state index contributed by atoms with van der Waals surface area (Å²) in [5.74, 6) is 0. The van der Waals surface area contributed by atoms with Crippen molar-refractivity contribution in [3.8, 4) is 0 Å². The summed E-state index contributed by atoms with van der Waals surface area (Å²) in [6, 6.07) is 12.3. The van der Waals surface area contributed by atoms with Crippen LogP contribution < -0.4 is 10.6 Å². The van der Waals surface area contributed by atoms with E-state index in [1.807, 2.05) is 18.2 Å². The van der Waals surface area contributed by atoms with Crippen molar-refractivity contribution in [1.82, 2.24) is 0 Å². The van der Waals surface area contributed by atoms with Gasteiger partial charge in [-0.15, -0.1) is 0 Å². The maximum atomic E-state index is 11.9. The van der Waals surface area contributed by atoms with E-state index in [1.54, 1.807) is 24.3 Å². The van der Waals surface area contributed by atoms with Crippen LogP contribution in [0.5, 0.6) is 0 Å². The van der Waals surface area contributed by atoms with Crippen molar-refractivity contribution in [3.63, 3.8) is 0 Å². The lowest BCUT2D eigenvalue weighted by Crippen LogP contribution is -2.20. The molecule has 104 valence electrons. The number of aliphatic hydroxyl groups is 1. The number of nitrogens with one attached hydrogen (secondary N) is 2. The van der Waals surface area contributed by atoms with E-state index >= 15 is 0 Å². The van der Waals surface area contributed by atoms with Gasteiger partial charge in [-0.2, -0.15) is 0 Å². The quantitative estimate of drug-likeness (QED) is 0.718. The van der Waals surface area contributed by atoms with Crippen LogP contribution in [0.25, 0.3) is 0 Å². The van der Waals surface area contributed by atoms with Crippen molar-refractivity contribution < 1.29 is 9.90 Å². The van der Waals surface area contributed by atoms with Gasteiger partial charge < -0.3 is 15.7 Å². The van der Waals surface area contributed by atoms with E-state index in [-0.39, 0.29) is 12.6 Å². The molecule has 0 aliphatic heterocycles. The monoisotopic (exact) mass is 398 g/mol. The molecule has 6 heteroatoms. The molecule has 2 amide bonds. The number of anilines is 2. The highest BCUT2D eigenvalue weighted by molar-refractivity contribution is 9.10. The molecule has 0 radical (unpaired) electrons. The first-order valence-electron chi connectivity index (χ1n) is 5.82. The molecule has 3 N–H and O–H groups in total. The first-order valence-corrected chi connectivity index (χ1v) is 7.40. The van der Waals surface area contributed by atoms with Crippen LogP contribution in [0.1, 0.15) is 5.56 Å². The van der Waals surface area contributed by atoms with Gasteiger partial charge in [0, 0.05) is 25.9 Å². The number of carbonyl (C=O) groups is 1. The second kappa shape index (κ2) is 6.88. The molecule has 0 saturated heterocycles. The topological polar surface area (TPSA) is 61.4 Å². The first kappa shape index (κ1) is 15.0. The molecule has 0 atom stereocenters. The van der Waals surface area contributed by atoms with Crippen molar-refractivity contribution in [2.75, 3.05) is 10.6 Å². The Kier molecular flexibility index (Phi) is 5.17. The van der Waals surface area contributed by atoms with Gasteiger partial charge in [-0.05, 0) is 30.3 Å². The fraction of sp³-hybridized carbons (Fsp3) is 0.0714. The van der Waals surface area contributed by atoms with Gasteiger partial charge in [-0.25, -0.2) is 4.79 Å². The van der Waals surface area contributed by atoms with E-state index in [4.69, 9.17) is 0 Å². The lowest BCUT2D eigenvalue weighted by Gasteiger charge is -2.12. The predicted octanol–water partition coefficient (Wildman–Crippen LogP) is 4.35. The Morgan fingerprint density at radius 3 is 2.55 bits per heavy atom. The Bertz CT molecular complexity index is 632. The van der Waals surface area contributed by atoms with Crippen molar-refractivity contribution in [1.29, 1.82) is 0 Å². The number of benzene rings is 2. The second-order valence-corrected chi connectivity index (χ2v) is 5.78. The third-order valence-electron chi connectivity index (χ3n) is 2.61. The Morgan fingerprint density at radius 2 is 1.85 bits per heavy atom. The number of hydrogen-bond acceptors (Lipinski definition) is 2. The van der Waals surface area contributed by atoms with Crippen molar-refractivity contribution in [2.24, 2.45) is 0 Å². The number of aliphatic hydroxyl groups excluding tert-OH is 1. The molecule has 0 heterocycles. The van der Waals surface area contributed by atoms with Crippen molar-refractivity contribution in [2.45, 2.75) is 6.61 Å². The molecule has 4 nitrogen and oxygen atoms in total. The average Bonchev–Trinajstić information content (AvgIpc) is 2.38. The molecule has 0 aliphatic carbocycles. The van der Waals surface area contributed by atoms with Crippen LogP contribution in [0.15, 0.2) is 51.4 Å². The summed E-state index contributed by atoms with van der Waals surface area (Å²) in [4.78, 5) is 11.9. The summed E-state index contributed by atoms with van der Waals surface area (Å²) >= 11 is 6.68. The Hall–Kier alpha value is -1.37. The van der Waals surface area contributed by atoms with Gasteiger partial charge in [-0.1, -0.05) is 44.0 Å². The van der Waals surface area contributed by atoms with Gasteiger partial charge in [0.2, 0.25) is 0 Å². The molecular weight excluding hydrogens is 388 g/mol. The van der Waals surface area contributed by atoms with Gasteiger partial charge >= 0.3 is 6.03 Å². The van der Waals surface area contributed by atoms with E-state index in [0.717, 1.165) is 8.95 Å². The first-order chi connectivity index (χ1) is 9.60. The van der Waals surface area contributed by atoms with Crippen LogP contribution in [0.4, 0.5) is 16.2 Å². The number of urea groups is 1. The molecular formula is C14H12Br2N2O2. The summed E-state index contributed by atoms with van der Waals surface area (Å²) in [6.45, 7) is -0.159. The minimum Gasteiger partial charge on any atom is -0.392 e. The van der Waals surface area contributed by atoms with Gasteiger partial charge in [-0.3, -0.25) is 0 Å². The lowest BCUT2D eigenvalue weighted by molar-refractivity contribution is 0.262. The third-order valence-corrected chi connectivity index (χ3v) is 3.84. The van der Waals surface area contributed by atoms with Gasteiger partial charge in [0.15, 0.2) is 0 Å². The molecule has 0 spiro atoms. The normalized spacial score (nSPS) is 10.2. The zero-order valence-corrected chi connectivity index (χ0v) is 13.5. The van der Waals surface area contributed by atoms with Crippen molar-refractivity contribution >= 4 is 49.3 Å². The Labute approximate surface area is 133 Å². The minimum absolute atomic E-state index is 0.159. The zero-order valence-electron chi connectivity index (χ0n) is 10.4. The summed E-state index contributed by atoms with van der Waals surface area (Å²) in [7, 11) is 0. The number of hydrogen-bond donors (Lipinski definition) is 3. The molecule has 0 unspecified atom stereocenters. The maximum absolute atomic E-state index is 11.9. The average molecular weight is 400 g/mol. The number of amides is 2. The number of rotatable bonds is 3. The summed E-state index contributed by atoms with van der Waals surface area (Å²) in [6.07, 6.45) is 0. The summed E-state index contributed by atoms with van der Waals surface area (Å²) < 4.78 is 1.63. The highest BCUT2D eigenvalue weighted by atomic mass is 79.9. The molecule has 2 rings (SSSR count). The Balaban J connectivity index is 2.11. The fourth-order valence-corrected chi connectivity index (χ4v) is 2.58. The van der Waals surface area contributed by atoms with Gasteiger partial charge in [0.25, 0.3) is 0 Å². The van der Waals surface area contributed by atoms with Crippen molar-refractivity contribution in [3.05, 3.63) is 57.0 Å². The third kappa shape index (κ3) is 3.82. The molecule has 0 saturated carbocycles. The highest BCUT2D eigenvalue weighted by Crippen LogP contribution is 2.25. The zero-order chi connectivity index (χ0) is 14.5. The SMILES string of the molecule is O=C(Nc1cccc(Br)c1)Nc1cccc(Br)c1CO. The van der Waals surface area contributed by atoms with E-state index < -0.39 is 0 Å². The van der Waals surface area contributed by atoms with E-state index in [9.17, 15) is 9.90 Å². The van der Waals surface area contributed by atoms with Crippen LogP contribution in [0.3, 0.4) is 0 Å². The predicted molar refractivity (Wildman–Crippen MR) is 86.8 cm³/mol. The van der Waals surface area contributed by atoms with Crippen LogP contribution in [0.2, 0.25) is 0 Å². The fourth-order valence-electron chi connectivity index (χ4n) is 1.69. The van der Waals surface area contributed by atoms with E-state index in [1.165, 1.54) is 0 Å². The molecule has 0 aliphatic rings. The molecule has 0 bridgehead atoms. The minimum atomic E-state index is -0.365. The summed E-state index contributed by atoms with van der Waals surface area (Å²) in [5.41, 5.74) is 1.88. The van der Waals surface area contributed by atoms with Crippen LogP contribution >= 0.6 is 31.9 Å².